The lowest BCUT2D eigenvalue weighted by Gasteiger charge is -2.10. The minimum atomic E-state index is -4.12. The Morgan fingerprint density at radius 1 is 1.54 bits per heavy atom. The van der Waals surface area contributed by atoms with Crippen LogP contribution in [0.5, 0.6) is 0 Å². The van der Waals surface area contributed by atoms with Crippen LogP contribution in [0.25, 0.3) is 0 Å². The molecule has 13 heavy (non-hydrogen) atoms. The molecule has 0 saturated carbocycles. The zero-order chi connectivity index (χ0) is 9.90. The molecule has 1 atom stereocenters. The molecular formula is C7H8BrF3N2. The van der Waals surface area contributed by atoms with E-state index in [0.29, 0.717) is 5.82 Å². The van der Waals surface area contributed by atoms with Gasteiger partial charge in [0.1, 0.15) is 5.82 Å². The average molecular weight is 257 g/mol. The van der Waals surface area contributed by atoms with Crippen molar-refractivity contribution in [2.24, 2.45) is 0 Å². The molecule has 0 spiro atoms. The molecule has 74 valence electrons. The minimum absolute atomic E-state index is 0.256. The number of H-pyrrole nitrogens is 1. The number of aromatic amines is 1. The predicted octanol–water partition coefficient (Wildman–Crippen LogP) is 2.67. The van der Waals surface area contributed by atoms with E-state index in [2.05, 4.69) is 25.9 Å². The third-order valence-corrected chi connectivity index (χ3v) is 2.07. The van der Waals surface area contributed by atoms with E-state index in [4.69, 9.17) is 0 Å². The van der Waals surface area contributed by atoms with Crippen molar-refractivity contribution in [2.45, 2.75) is 23.8 Å². The van der Waals surface area contributed by atoms with Gasteiger partial charge in [0.05, 0.1) is 6.42 Å². The van der Waals surface area contributed by atoms with Gasteiger partial charge in [-0.05, 0) is 0 Å². The molecule has 0 aliphatic rings. The Morgan fingerprint density at radius 3 is 2.69 bits per heavy atom. The summed E-state index contributed by atoms with van der Waals surface area (Å²) < 4.78 is 35.6. The Hall–Kier alpha value is -0.520. The second kappa shape index (κ2) is 4.13. The van der Waals surface area contributed by atoms with E-state index in [9.17, 15) is 13.2 Å². The quantitative estimate of drug-likeness (QED) is 0.828. The maximum atomic E-state index is 11.9. The van der Waals surface area contributed by atoms with Gasteiger partial charge in [-0.3, -0.25) is 0 Å². The highest BCUT2D eigenvalue weighted by Crippen LogP contribution is 2.26. The molecule has 1 rings (SSSR count). The zero-order valence-electron chi connectivity index (χ0n) is 6.61. The van der Waals surface area contributed by atoms with Crippen LogP contribution in [0.1, 0.15) is 12.2 Å². The minimum Gasteiger partial charge on any atom is -0.349 e. The highest BCUT2D eigenvalue weighted by Gasteiger charge is 2.30. The smallest absolute Gasteiger partial charge is 0.349 e. The molecule has 0 aliphatic heterocycles. The van der Waals surface area contributed by atoms with Crippen LogP contribution in [-0.2, 0) is 6.42 Å². The second-order valence-electron chi connectivity index (χ2n) is 2.66. The molecule has 1 heterocycles. The van der Waals surface area contributed by atoms with Gasteiger partial charge in [0.25, 0.3) is 0 Å². The molecular weight excluding hydrogens is 249 g/mol. The van der Waals surface area contributed by atoms with Crippen molar-refractivity contribution >= 4 is 15.9 Å². The van der Waals surface area contributed by atoms with Crippen LogP contribution in [0, 0.1) is 0 Å². The van der Waals surface area contributed by atoms with Gasteiger partial charge < -0.3 is 4.98 Å². The topological polar surface area (TPSA) is 28.7 Å². The molecule has 2 nitrogen and oxygen atoms in total. The first kappa shape index (κ1) is 10.6. The summed E-state index contributed by atoms with van der Waals surface area (Å²) in [6.45, 7) is 0. The van der Waals surface area contributed by atoms with Gasteiger partial charge in [-0.15, -0.1) is 0 Å². The summed E-state index contributed by atoms with van der Waals surface area (Å²) in [7, 11) is 0. The molecule has 0 amide bonds. The lowest BCUT2D eigenvalue weighted by Crippen LogP contribution is -2.17. The summed E-state index contributed by atoms with van der Waals surface area (Å²) in [5, 5.41) is 0. The number of rotatable bonds is 3. The van der Waals surface area contributed by atoms with Crippen molar-refractivity contribution in [3.63, 3.8) is 0 Å². The van der Waals surface area contributed by atoms with Gasteiger partial charge >= 0.3 is 6.18 Å². The van der Waals surface area contributed by atoms with Gasteiger partial charge in [-0.25, -0.2) is 4.98 Å². The summed E-state index contributed by atoms with van der Waals surface area (Å²) in [6.07, 6.45) is -1.60. The second-order valence-corrected chi connectivity index (χ2v) is 3.95. The number of hydrogen-bond donors (Lipinski definition) is 1. The average Bonchev–Trinajstić information content (AvgIpc) is 2.34. The Kier molecular flexibility index (Phi) is 3.35. The fourth-order valence-corrected chi connectivity index (χ4v) is 1.62. The van der Waals surface area contributed by atoms with Crippen molar-refractivity contribution in [3.8, 4) is 0 Å². The van der Waals surface area contributed by atoms with E-state index in [1.807, 2.05) is 0 Å². The molecule has 0 aliphatic carbocycles. The molecule has 0 bridgehead atoms. The number of hydrogen-bond acceptors (Lipinski definition) is 1. The van der Waals surface area contributed by atoms with Crippen molar-refractivity contribution in [3.05, 3.63) is 18.2 Å². The molecule has 1 unspecified atom stereocenters. The van der Waals surface area contributed by atoms with Crippen LogP contribution in [-0.4, -0.2) is 21.0 Å². The summed E-state index contributed by atoms with van der Waals surface area (Å²) in [5.41, 5.74) is 0. The van der Waals surface area contributed by atoms with Crippen molar-refractivity contribution < 1.29 is 13.2 Å². The fraction of sp³-hybridized carbons (Fsp3) is 0.571. The summed E-state index contributed by atoms with van der Waals surface area (Å²) in [4.78, 5) is 5.97. The molecule has 0 fully saturated rings. The lowest BCUT2D eigenvalue weighted by atomic mass is 10.2. The van der Waals surface area contributed by atoms with E-state index in [1.54, 1.807) is 6.20 Å². The Labute approximate surface area is 81.7 Å². The summed E-state index contributed by atoms with van der Waals surface area (Å²) >= 11 is 2.96. The first-order valence-electron chi connectivity index (χ1n) is 3.66. The van der Waals surface area contributed by atoms with Gasteiger partial charge in [0.15, 0.2) is 0 Å². The summed E-state index contributed by atoms with van der Waals surface area (Å²) in [5.74, 6) is 0.561. The number of nitrogens with zero attached hydrogens (tertiary/aromatic N) is 1. The highest BCUT2D eigenvalue weighted by atomic mass is 79.9. The Morgan fingerprint density at radius 2 is 2.23 bits per heavy atom. The zero-order valence-corrected chi connectivity index (χ0v) is 8.19. The molecule has 6 heteroatoms. The molecule has 0 saturated heterocycles. The first-order chi connectivity index (χ1) is 5.97. The van der Waals surface area contributed by atoms with Gasteiger partial charge in [0.2, 0.25) is 0 Å². The third-order valence-electron chi connectivity index (χ3n) is 1.42. The number of nitrogens with one attached hydrogen (secondary N) is 1. The molecule has 1 aromatic rings. The van der Waals surface area contributed by atoms with Crippen LogP contribution in [0.2, 0.25) is 0 Å². The Bertz CT molecular complexity index is 245. The SMILES string of the molecule is FC(F)(F)CC(Br)Cc1ncc[nH]1. The maximum absolute atomic E-state index is 11.9. The van der Waals surface area contributed by atoms with Crippen LogP contribution in [0.15, 0.2) is 12.4 Å². The molecule has 0 aromatic carbocycles. The number of imidazole rings is 1. The number of halogens is 4. The van der Waals surface area contributed by atoms with Crippen LogP contribution in [0.4, 0.5) is 13.2 Å². The van der Waals surface area contributed by atoms with Gasteiger partial charge in [-0.1, -0.05) is 15.9 Å². The first-order valence-corrected chi connectivity index (χ1v) is 4.58. The molecule has 0 radical (unpaired) electrons. The van der Waals surface area contributed by atoms with Crippen molar-refractivity contribution in [1.82, 2.24) is 9.97 Å². The van der Waals surface area contributed by atoms with E-state index in [0.717, 1.165) is 0 Å². The highest BCUT2D eigenvalue weighted by molar-refractivity contribution is 9.09. The van der Waals surface area contributed by atoms with E-state index < -0.39 is 17.4 Å². The van der Waals surface area contributed by atoms with Crippen LogP contribution < -0.4 is 0 Å². The Balaban J connectivity index is 2.38. The largest absolute Gasteiger partial charge is 0.390 e. The van der Waals surface area contributed by atoms with Crippen LogP contribution in [0.3, 0.4) is 0 Å². The standard InChI is InChI=1S/C7H8BrF3N2/c8-5(4-7(9,10)11)3-6-12-1-2-13-6/h1-2,5H,3-4H2,(H,12,13). The number of aromatic nitrogens is 2. The number of alkyl halides is 4. The van der Waals surface area contributed by atoms with E-state index in [-0.39, 0.29) is 6.42 Å². The molecule has 1 N–H and O–H groups in total. The normalized spacial score (nSPS) is 14.5. The predicted molar refractivity (Wildman–Crippen MR) is 45.7 cm³/mol. The van der Waals surface area contributed by atoms with Crippen LogP contribution >= 0.6 is 15.9 Å². The van der Waals surface area contributed by atoms with E-state index in [1.165, 1.54) is 6.20 Å². The molecule has 1 aromatic heterocycles. The van der Waals surface area contributed by atoms with Crippen molar-refractivity contribution in [2.75, 3.05) is 0 Å². The maximum Gasteiger partial charge on any atom is 0.390 e. The van der Waals surface area contributed by atoms with E-state index >= 15 is 0 Å². The fourth-order valence-electron chi connectivity index (χ4n) is 0.943. The lowest BCUT2D eigenvalue weighted by molar-refractivity contribution is -0.133. The van der Waals surface area contributed by atoms with Crippen molar-refractivity contribution in [1.29, 1.82) is 0 Å². The monoisotopic (exact) mass is 256 g/mol. The van der Waals surface area contributed by atoms with Gasteiger partial charge in [-0.2, -0.15) is 13.2 Å². The summed E-state index contributed by atoms with van der Waals surface area (Å²) in [6, 6.07) is 0. The third kappa shape index (κ3) is 4.31. The van der Waals surface area contributed by atoms with Gasteiger partial charge in [0, 0.05) is 23.6 Å².